The topological polar surface area (TPSA) is 78.0 Å². The van der Waals surface area contributed by atoms with Crippen molar-refractivity contribution >= 4 is 28.8 Å². The second-order valence-corrected chi connectivity index (χ2v) is 8.17. The number of hydrogen-bond donors (Lipinski definition) is 3. The summed E-state index contributed by atoms with van der Waals surface area (Å²) in [6.45, 7) is 7.07. The minimum atomic E-state index is 0.526. The number of aromatic nitrogens is 3. The molecule has 0 atom stereocenters. The molecule has 2 fully saturated rings. The molecular formula is C22H29N7. The molecule has 0 radical (unpaired) electrons. The molecule has 0 spiro atoms. The lowest BCUT2D eigenvalue weighted by Gasteiger charge is -2.29. The van der Waals surface area contributed by atoms with Crippen molar-refractivity contribution < 1.29 is 0 Å². The van der Waals surface area contributed by atoms with Crippen LogP contribution in [0.25, 0.3) is 5.57 Å². The first-order chi connectivity index (χ1) is 14.3. The molecule has 1 saturated heterocycles. The van der Waals surface area contributed by atoms with E-state index in [0.717, 1.165) is 50.0 Å². The molecule has 0 bridgehead atoms. The molecule has 2 aliphatic heterocycles. The Kier molecular flexibility index (Phi) is 5.06. The fourth-order valence-electron chi connectivity index (χ4n) is 4.63. The van der Waals surface area contributed by atoms with E-state index in [1.54, 1.807) is 0 Å². The zero-order valence-corrected chi connectivity index (χ0v) is 17.0. The van der Waals surface area contributed by atoms with Crippen LogP contribution in [0.5, 0.6) is 0 Å². The number of anilines is 4. The predicted octanol–water partition coefficient (Wildman–Crippen LogP) is 3.51. The van der Waals surface area contributed by atoms with E-state index in [9.17, 15) is 0 Å². The first kappa shape index (κ1) is 18.4. The Morgan fingerprint density at radius 1 is 1.10 bits per heavy atom. The molecule has 0 amide bonds. The van der Waals surface area contributed by atoms with Gasteiger partial charge in [0.2, 0.25) is 5.95 Å². The maximum Gasteiger partial charge on any atom is 0.230 e. The van der Waals surface area contributed by atoms with Crippen LogP contribution in [-0.2, 0) is 0 Å². The zero-order chi connectivity index (χ0) is 19.6. The molecule has 0 aromatic carbocycles. The first-order valence-corrected chi connectivity index (χ1v) is 10.8. The number of pyridine rings is 1. The van der Waals surface area contributed by atoms with E-state index < -0.39 is 0 Å². The molecule has 152 valence electrons. The van der Waals surface area contributed by atoms with Gasteiger partial charge in [0.05, 0.1) is 17.6 Å². The van der Waals surface area contributed by atoms with Gasteiger partial charge in [-0.25, -0.2) is 9.97 Å². The number of nitrogens with zero attached hydrogens (tertiary/aromatic N) is 4. The van der Waals surface area contributed by atoms with Crippen molar-refractivity contribution in [1.82, 2.24) is 20.3 Å². The molecule has 29 heavy (non-hydrogen) atoms. The van der Waals surface area contributed by atoms with Crippen molar-refractivity contribution in [2.24, 2.45) is 0 Å². The van der Waals surface area contributed by atoms with Crippen LogP contribution in [0.2, 0.25) is 0 Å². The fraction of sp³-hybridized carbons (Fsp3) is 0.500. The van der Waals surface area contributed by atoms with E-state index in [1.807, 2.05) is 12.3 Å². The predicted molar refractivity (Wildman–Crippen MR) is 118 cm³/mol. The Morgan fingerprint density at radius 3 is 2.69 bits per heavy atom. The van der Waals surface area contributed by atoms with Crippen molar-refractivity contribution in [3.05, 3.63) is 35.7 Å². The van der Waals surface area contributed by atoms with Crippen molar-refractivity contribution in [2.75, 3.05) is 48.3 Å². The van der Waals surface area contributed by atoms with Crippen LogP contribution in [0.3, 0.4) is 0 Å². The molecule has 0 unspecified atom stereocenters. The van der Waals surface area contributed by atoms with Gasteiger partial charge in [0.1, 0.15) is 11.6 Å². The van der Waals surface area contributed by atoms with Gasteiger partial charge in [0.15, 0.2) is 0 Å². The monoisotopic (exact) mass is 391 g/mol. The third-order valence-electron chi connectivity index (χ3n) is 6.22. The summed E-state index contributed by atoms with van der Waals surface area (Å²) in [6.07, 6.45) is 9.18. The van der Waals surface area contributed by atoms with Crippen LogP contribution in [-0.4, -0.2) is 47.7 Å². The number of piperazine rings is 1. The summed E-state index contributed by atoms with van der Waals surface area (Å²) in [6, 6.07) is 4.15. The van der Waals surface area contributed by atoms with Gasteiger partial charge in [-0.2, -0.15) is 4.98 Å². The van der Waals surface area contributed by atoms with Gasteiger partial charge >= 0.3 is 0 Å². The highest BCUT2D eigenvalue weighted by Gasteiger charge is 2.26. The van der Waals surface area contributed by atoms with Crippen molar-refractivity contribution in [3.63, 3.8) is 0 Å². The van der Waals surface area contributed by atoms with Gasteiger partial charge in [-0.05, 0) is 37.5 Å². The molecular weight excluding hydrogens is 362 g/mol. The lowest BCUT2D eigenvalue weighted by molar-refractivity contribution is 0.589. The van der Waals surface area contributed by atoms with Crippen LogP contribution in [0.4, 0.5) is 23.3 Å². The van der Waals surface area contributed by atoms with Gasteiger partial charge in [-0.15, -0.1) is 0 Å². The maximum absolute atomic E-state index is 4.96. The highest BCUT2D eigenvalue weighted by atomic mass is 15.2. The summed E-state index contributed by atoms with van der Waals surface area (Å²) in [5.41, 5.74) is 4.84. The summed E-state index contributed by atoms with van der Waals surface area (Å²) in [5, 5.41) is 10.2. The quantitative estimate of drug-likeness (QED) is 0.736. The van der Waals surface area contributed by atoms with E-state index in [1.165, 1.54) is 42.5 Å². The molecule has 4 heterocycles. The molecule has 7 nitrogen and oxygen atoms in total. The first-order valence-electron chi connectivity index (χ1n) is 10.8. The molecule has 3 N–H and O–H groups in total. The molecule has 3 aliphatic rings. The summed E-state index contributed by atoms with van der Waals surface area (Å²) in [4.78, 5) is 16.7. The number of nitrogens with one attached hydrogen (secondary N) is 3. The number of hydrogen-bond acceptors (Lipinski definition) is 7. The Labute approximate surface area is 172 Å². The standard InChI is InChI=1S/C22H29N7/c1-15-8-9-24-21-19(15)20(16-4-2-3-5-16)27-22(28-21)26-18-7-6-17(14-25-18)29-12-10-23-11-13-29/h6-8,14,16,23H,2-5,9-13H2,1H3,(H2,24,25,26,27,28). The van der Waals surface area contributed by atoms with Gasteiger partial charge in [0.25, 0.3) is 0 Å². The fourth-order valence-corrected chi connectivity index (χ4v) is 4.63. The summed E-state index contributed by atoms with van der Waals surface area (Å²) in [5.74, 6) is 2.89. The van der Waals surface area contributed by atoms with Gasteiger partial charge in [-0.3, -0.25) is 0 Å². The number of fused-ring (bicyclic) bond motifs is 1. The van der Waals surface area contributed by atoms with Crippen LogP contribution in [0.15, 0.2) is 24.4 Å². The Balaban J connectivity index is 1.41. The summed E-state index contributed by atoms with van der Waals surface area (Å²) < 4.78 is 0. The highest BCUT2D eigenvalue weighted by molar-refractivity contribution is 5.79. The van der Waals surface area contributed by atoms with E-state index in [0.29, 0.717) is 11.9 Å². The Hall–Kier alpha value is -2.67. The molecule has 2 aromatic rings. The molecule has 7 heteroatoms. The second kappa shape index (κ2) is 7.99. The van der Waals surface area contributed by atoms with Crippen molar-refractivity contribution in [2.45, 2.75) is 38.5 Å². The molecule has 1 aliphatic carbocycles. The average molecular weight is 392 g/mol. The van der Waals surface area contributed by atoms with Crippen LogP contribution in [0.1, 0.15) is 49.8 Å². The van der Waals surface area contributed by atoms with E-state index >= 15 is 0 Å². The SMILES string of the molecule is CC1=CCNc2nc(Nc3ccc(N4CCNCC4)cn3)nc(C3CCCC3)c21. The van der Waals surface area contributed by atoms with Crippen molar-refractivity contribution in [1.29, 1.82) is 0 Å². The van der Waals surface area contributed by atoms with Crippen molar-refractivity contribution in [3.8, 4) is 0 Å². The largest absolute Gasteiger partial charge is 0.368 e. The van der Waals surface area contributed by atoms with E-state index in [4.69, 9.17) is 9.97 Å². The van der Waals surface area contributed by atoms with Crippen LogP contribution >= 0.6 is 0 Å². The third kappa shape index (κ3) is 3.79. The Morgan fingerprint density at radius 2 is 1.93 bits per heavy atom. The van der Waals surface area contributed by atoms with Gasteiger partial charge < -0.3 is 20.9 Å². The molecule has 2 aromatic heterocycles. The van der Waals surface area contributed by atoms with E-state index in [-0.39, 0.29) is 0 Å². The summed E-state index contributed by atoms with van der Waals surface area (Å²) >= 11 is 0. The zero-order valence-electron chi connectivity index (χ0n) is 17.0. The van der Waals surface area contributed by atoms with Gasteiger partial charge in [0, 0.05) is 44.2 Å². The van der Waals surface area contributed by atoms with Crippen LogP contribution < -0.4 is 20.9 Å². The average Bonchev–Trinajstić information content (AvgIpc) is 3.29. The minimum Gasteiger partial charge on any atom is -0.368 e. The smallest absolute Gasteiger partial charge is 0.230 e. The lowest BCUT2D eigenvalue weighted by atomic mass is 9.93. The molecule has 1 saturated carbocycles. The third-order valence-corrected chi connectivity index (χ3v) is 6.22. The number of rotatable bonds is 4. The summed E-state index contributed by atoms with van der Waals surface area (Å²) in [7, 11) is 0. The highest BCUT2D eigenvalue weighted by Crippen LogP contribution is 2.40. The van der Waals surface area contributed by atoms with E-state index in [2.05, 4.69) is 44.9 Å². The lowest BCUT2D eigenvalue weighted by Crippen LogP contribution is -2.43. The molecule has 5 rings (SSSR count). The Bertz CT molecular complexity index is 894. The second-order valence-electron chi connectivity index (χ2n) is 8.17. The van der Waals surface area contributed by atoms with Gasteiger partial charge in [-0.1, -0.05) is 18.9 Å². The minimum absolute atomic E-state index is 0.526. The number of allylic oxidation sites excluding steroid dienone is 1. The maximum atomic E-state index is 4.96. The van der Waals surface area contributed by atoms with Crippen LogP contribution in [0, 0.1) is 0 Å². The normalized spacial score (nSPS) is 19.5.